The molecule has 0 aliphatic heterocycles. The van der Waals surface area contributed by atoms with E-state index in [1.165, 1.54) is 11.4 Å². The fourth-order valence-electron chi connectivity index (χ4n) is 0.400. The van der Waals surface area contributed by atoms with E-state index < -0.39 is 0 Å². The van der Waals surface area contributed by atoms with Gasteiger partial charge < -0.3 is 10.9 Å². The van der Waals surface area contributed by atoms with Gasteiger partial charge in [-0.2, -0.15) is 0 Å². The summed E-state index contributed by atoms with van der Waals surface area (Å²) < 4.78 is 3.67. The Balaban J connectivity index is 0. The molecule has 0 rings (SSSR count). The van der Waals surface area contributed by atoms with Gasteiger partial charge in [0.1, 0.15) is 25.5 Å². The molecule has 0 spiro atoms. The van der Waals surface area contributed by atoms with Crippen LogP contribution >= 0.6 is 0 Å². The second-order valence-corrected chi connectivity index (χ2v) is 3.34. The molecular formula is C10H24N4. The Kier molecular flexibility index (Phi) is 9.40. The van der Waals surface area contributed by atoms with Gasteiger partial charge >= 0.3 is 0 Å². The van der Waals surface area contributed by atoms with E-state index >= 15 is 0 Å². The van der Waals surface area contributed by atoms with E-state index in [0.29, 0.717) is 0 Å². The van der Waals surface area contributed by atoms with Crippen LogP contribution in [-0.4, -0.2) is 49.0 Å². The molecule has 84 valence electrons. The van der Waals surface area contributed by atoms with Crippen molar-refractivity contribution in [1.82, 2.24) is 0 Å². The number of hydrogen-bond donors (Lipinski definition) is 0. The lowest BCUT2D eigenvalue weighted by atomic mass is 10.5. The topological polar surface area (TPSA) is 34.2 Å². The third kappa shape index (κ3) is 9.03. The lowest BCUT2D eigenvalue weighted by molar-refractivity contribution is -0.443. The summed E-state index contributed by atoms with van der Waals surface area (Å²) >= 11 is 0. The predicted octanol–water partition coefficient (Wildman–Crippen LogP) is 2.06. The summed E-state index contributed by atoms with van der Waals surface area (Å²) in [6.45, 7) is 8.08. The van der Waals surface area contributed by atoms with E-state index in [4.69, 9.17) is 0 Å². The van der Waals surface area contributed by atoms with Crippen LogP contribution in [0.4, 0.5) is 0 Å². The first kappa shape index (κ1) is 15.4. The SMILES string of the molecule is C[N-][N+](C)=C(C)C.C[N-][N+](C)=C(C)C. The van der Waals surface area contributed by atoms with Crippen LogP contribution in [0.15, 0.2) is 0 Å². The molecule has 4 heteroatoms. The van der Waals surface area contributed by atoms with Crippen molar-refractivity contribution in [1.29, 1.82) is 0 Å². The minimum absolute atomic E-state index is 1.21. The van der Waals surface area contributed by atoms with Crippen LogP contribution < -0.4 is 0 Å². The van der Waals surface area contributed by atoms with Crippen LogP contribution in [0.1, 0.15) is 27.7 Å². The fraction of sp³-hybridized carbons (Fsp3) is 0.800. The molecule has 0 heterocycles. The van der Waals surface area contributed by atoms with Crippen LogP contribution in [0.2, 0.25) is 0 Å². The molecular weight excluding hydrogens is 176 g/mol. The molecule has 0 saturated heterocycles. The van der Waals surface area contributed by atoms with Crippen molar-refractivity contribution >= 4 is 11.4 Å². The Labute approximate surface area is 88.3 Å². The maximum atomic E-state index is 3.88. The smallest absolute Gasteiger partial charge is 0.141 e. The molecule has 0 aromatic carbocycles. The summed E-state index contributed by atoms with van der Waals surface area (Å²) in [5.74, 6) is 0. The van der Waals surface area contributed by atoms with Gasteiger partial charge in [0.15, 0.2) is 0 Å². The standard InChI is InChI=1S/2C5H12N2/c2*1-5(2)7(4)6-3/h2*1-4H3. The molecule has 0 saturated carbocycles. The number of hydrogen-bond acceptors (Lipinski definition) is 0. The summed E-state index contributed by atoms with van der Waals surface area (Å²) in [4.78, 5) is 0. The van der Waals surface area contributed by atoms with Crippen LogP contribution in [0.5, 0.6) is 0 Å². The molecule has 0 bridgehead atoms. The van der Waals surface area contributed by atoms with Crippen molar-refractivity contribution in [2.75, 3.05) is 28.2 Å². The molecule has 0 N–H and O–H groups in total. The summed E-state index contributed by atoms with van der Waals surface area (Å²) in [6, 6.07) is 0. The zero-order valence-electron chi connectivity index (χ0n) is 10.8. The second-order valence-electron chi connectivity index (χ2n) is 3.34. The molecule has 0 unspecified atom stereocenters. The van der Waals surface area contributed by atoms with Crippen LogP contribution in [0, 0.1) is 0 Å². The highest BCUT2D eigenvalue weighted by atomic mass is 15.4. The van der Waals surface area contributed by atoms with Gasteiger partial charge in [-0.1, -0.05) is 14.1 Å². The molecule has 4 nitrogen and oxygen atoms in total. The normalized spacial score (nSPS) is 8.00. The van der Waals surface area contributed by atoms with Gasteiger partial charge in [0.2, 0.25) is 0 Å². The van der Waals surface area contributed by atoms with E-state index in [1.54, 1.807) is 14.1 Å². The summed E-state index contributed by atoms with van der Waals surface area (Å²) in [5.41, 5.74) is 10.2. The van der Waals surface area contributed by atoms with Gasteiger partial charge in [0.05, 0.1) is 0 Å². The first-order chi connectivity index (χ1) is 6.36. The third-order valence-corrected chi connectivity index (χ3v) is 1.89. The average Bonchev–Trinajstić information content (AvgIpc) is 2.15. The monoisotopic (exact) mass is 200 g/mol. The molecule has 0 atom stereocenters. The van der Waals surface area contributed by atoms with Gasteiger partial charge in [-0.3, -0.25) is 9.37 Å². The summed E-state index contributed by atoms with van der Waals surface area (Å²) in [7, 11) is 7.39. The number of nitrogens with zero attached hydrogens (tertiary/aromatic N) is 4. The zero-order chi connectivity index (χ0) is 11.7. The van der Waals surface area contributed by atoms with Crippen molar-refractivity contribution in [3.05, 3.63) is 10.9 Å². The Morgan fingerprint density at radius 3 is 0.929 bits per heavy atom. The molecule has 0 aromatic heterocycles. The molecule has 0 aromatic rings. The zero-order valence-corrected chi connectivity index (χ0v) is 10.8. The van der Waals surface area contributed by atoms with Crippen molar-refractivity contribution < 1.29 is 9.37 Å². The van der Waals surface area contributed by atoms with E-state index in [2.05, 4.69) is 10.9 Å². The average molecular weight is 200 g/mol. The minimum Gasteiger partial charge on any atom is -0.444 e. The second kappa shape index (κ2) is 8.53. The Morgan fingerprint density at radius 2 is 0.929 bits per heavy atom. The van der Waals surface area contributed by atoms with Gasteiger partial charge in [-0.25, -0.2) is 0 Å². The molecule has 0 aliphatic carbocycles. The maximum absolute atomic E-state index is 3.88. The van der Waals surface area contributed by atoms with Crippen molar-refractivity contribution in [3.8, 4) is 0 Å². The van der Waals surface area contributed by atoms with Gasteiger partial charge in [0.25, 0.3) is 0 Å². The van der Waals surface area contributed by atoms with E-state index in [-0.39, 0.29) is 0 Å². The molecule has 0 fully saturated rings. The maximum Gasteiger partial charge on any atom is 0.141 e. The van der Waals surface area contributed by atoms with E-state index in [0.717, 1.165) is 0 Å². The largest absolute Gasteiger partial charge is 0.444 e. The molecule has 14 heavy (non-hydrogen) atoms. The predicted molar refractivity (Wildman–Crippen MR) is 63.6 cm³/mol. The lowest BCUT2D eigenvalue weighted by Gasteiger charge is -2.05. The third-order valence-electron chi connectivity index (χ3n) is 1.89. The van der Waals surface area contributed by atoms with Gasteiger partial charge in [-0.05, 0) is 0 Å². The molecule has 0 radical (unpaired) electrons. The van der Waals surface area contributed by atoms with Crippen LogP contribution in [0.3, 0.4) is 0 Å². The first-order valence-corrected chi connectivity index (χ1v) is 4.64. The van der Waals surface area contributed by atoms with E-state index in [1.807, 2.05) is 51.2 Å². The van der Waals surface area contributed by atoms with Crippen LogP contribution in [-0.2, 0) is 0 Å². The highest BCUT2D eigenvalue weighted by Crippen LogP contribution is 1.79. The fourth-order valence-corrected chi connectivity index (χ4v) is 0.400. The minimum atomic E-state index is 1.21. The van der Waals surface area contributed by atoms with Crippen molar-refractivity contribution in [3.63, 3.8) is 0 Å². The van der Waals surface area contributed by atoms with Gasteiger partial charge in [0, 0.05) is 27.7 Å². The highest BCUT2D eigenvalue weighted by Gasteiger charge is 1.81. The molecule has 0 aliphatic rings. The van der Waals surface area contributed by atoms with Gasteiger partial charge in [-0.15, -0.1) is 0 Å². The summed E-state index contributed by atoms with van der Waals surface area (Å²) in [5, 5.41) is 0. The highest BCUT2D eigenvalue weighted by molar-refractivity contribution is 5.74. The van der Waals surface area contributed by atoms with Crippen molar-refractivity contribution in [2.45, 2.75) is 27.7 Å². The number of rotatable bonds is 2. The van der Waals surface area contributed by atoms with Crippen LogP contribution in [0.25, 0.3) is 10.9 Å². The van der Waals surface area contributed by atoms with E-state index in [9.17, 15) is 0 Å². The summed E-state index contributed by atoms with van der Waals surface area (Å²) in [6.07, 6.45) is 0. The van der Waals surface area contributed by atoms with Crippen molar-refractivity contribution in [2.24, 2.45) is 0 Å². The molecule has 0 amide bonds. The Bertz CT molecular complexity index is 184. The first-order valence-electron chi connectivity index (χ1n) is 4.64. The Hall–Kier alpha value is -1.06. The quantitative estimate of drug-likeness (QED) is 0.371. The lowest BCUT2D eigenvalue weighted by Crippen LogP contribution is -2.04. The Morgan fingerprint density at radius 1 is 0.714 bits per heavy atom.